The van der Waals surface area contributed by atoms with E-state index in [2.05, 4.69) is 0 Å². The van der Waals surface area contributed by atoms with Crippen LogP contribution in [0.15, 0.2) is 40.3 Å². The first-order valence-electron chi connectivity index (χ1n) is 5.61. The molecule has 0 radical (unpaired) electrons. The zero-order valence-electron chi connectivity index (χ0n) is 10.4. The molecule has 0 aliphatic heterocycles. The minimum absolute atomic E-state index is 0.0919. The van der Waals surface area contributed by atoms with E-state index in [1.807, 2.05) is 0 Å². The van der Waals surface area contributed by atoms with Crippen molar-refractivity contribution in [3.05, 3.63) is 56.8 Å². The van der Waals surface area contributed by atoms with Gasteiger partial charge in [-0.3, -0.25) is 10.1 Å². The monoisotopic (exact) mass is 299 g/mol. The number of non-ortho nitro benzene ring substituents is 1. The fourth-order valence-electron chi connectivity index (χ4n) is 1.62. The van der Waals surface area contributed by atoms with Gasteiger partial charge in [-0.05, 0) is 18.2 Å². The Labute approximate surface area is 124 Å². The van der Waals surface area contributed by atoms with Crippen LogP contribution in [0.2, 0.25) is 5.02 Å². The highest BCUT2D eigenvalue weighted by molar-refractivity contribution is 6.33. The predicted molar refractivity (Wildman–Crippen MR) is 75.0 cm³/mol. The number of nitro groups is 1. The van der Waals surface area contributed by atoms with Gasteiger partial charge in [-0.25, -0.2) is 0 Å². The molecule has 6 nitrogen and oxygen atoms in total. The summed E-state index contributed by atoms with van der Waals surface area (Å²) in [5.41, 5.74) is 0.273. The van der Waals surface area contributed by atoms with Crippen LogP contribution in [0.4, 0.5) is 5.69 Å². The normalized spacial score (nSPS) is 9.48. The first kappa shape index (κ1) is 14.3. The van der Waals surface area contributed by atoms with Gasteiger partial charge in [0, 0.05) is 23.8 Å². The molecule has 1 heterocycles. The van der Waals surface area contributed by atoms with Gasteiger partial charge in [0.05, 0.1) is 9.95 Å². The summed E-state index contributed by atoms with van der Waals surface area (Å²) in [5.74, 6) is 0.703. The van der Waals surface area contributed by atoms with Crippen LogP contribution in [0.25, 0.3) is 17.4 Å². The van der Waals surface area contributed by atoms with E-state index >= 15 is 0 Å². The number of halogens is 1. The zero-order valence-corrected chi connectivity index (χ0v) is 11.2. The van der Waals surface area contributed by atoms with Crippen LogP contribution in [-0.4, -0.2) is 4.92 Å². The number of nitrogens with zero attached hydrogens (tertiary/aromatic N) is 3. The number of hydrogen-bond donors (Lipinski definition) is 0. The molecule has 0 saturated carbocycles. The van der Waals surface area contributed by atoms with E-state index in [-0.39, 0.29) is 16.3 Å². The molecule has 1 aromatic carbocycles. The average molecular weight is 300 g/mol. The number of rotatable bonds is 3. The quantitative estimate of drug-likeness (QED) is 0.485. The molecular weight excluding hydrogens is 294 g/mol. The lowest BCUT2D eigenvalue weighted by atomic mass is 10.1. The summed E-state index contributed by atoms with van der Waals surface area (Å²) in [6, 6.07) is 10.6. The molecular formula is C14H6ClN3O3. The van der Waals surface area contributed by atoms with Crippen molar-refractivity contribution < 1.29 is 9.34 Å². The van der Waals surface area contributed by atoms with Gasteiger partial charge in [0.25, 0.3) is 5.69 Å². The van der Waals surface area contributed by atoms with Crippen LogP contribution in [-0.2, 0) is 0 Å². The third-order valence-corrected chi connectivity index (χ3v) is 2.90. The minimum Gasteiger partial charge on any atom is -0.457 e. The second-order valence-corrected chi connectivity index (χ2v) is 4.31. The Kier molecular flexibility index (Phi) is 4.03. The fourth-order valence-corrected chi connectivity index (χ4v) is 1.89. The molecule has 2 rings (SSSR count). The van der Waals surface area contributed by atoms with Gasteiger partial charge in [-0.15, -0.1) is 0 Å². The summed E-state index contributed by atoms with van der Waals surface area (Å²) in [5, 5.41) is 28.2. The standard InChI is InChI=1S/C14H6ClN3O3/c15-13-6-10(18(19)20)1-3-12(13)14-4-2-11(21-14)5-9(7-16)8-17/h1-6H. The summed E-state index contributed by atoms with van der Waals surface area (Å²) in [4.78, 5) is 10.1. The van der Waals surface area contributed by atoms with Crippen molar-refractivity contribution in [3.63, 3.8) is 0 Å². The van der Waals surface area contributed by atoms with E-state index in [1.54, 1.807) is 24.3 Å². The van der Waals surface area contributed by atoms with E-state index < -0.39 is 4.92 Å². The summed E-state index contributed by atoms with van der Waals surface area (Å²) in [6.45, 7) is 0. The minimum atomic E-state index is -0.544. The van der Waals surface area contributed by atoms with E-state index in [1.165, 1.54) is 24.3 Å². The molecule has 0 atom stereocenters. The number of furan rings is 1. The Morgan fingerprint density at radius 3 is 2.57 bits per heavy atom. The maximum atomic E-state index is 10.6. The lowest BCUT2D eigenvalue weighted by Crippen LogP contribution is -1.88. The maximum Gasteiger partial charge on any atom is 0.270 e. The average Bonchev–Trinajstić information content (AvgIpc) is 2.92. The number of allylic oxidation sites excluding steroid dienone is 1. The van der Waals surface area contributed by atoms with Gasteiger partial charge < -0.3 is 4.42 Å². The molecule has 0 fully saturated rings. The number of nitro benzene ring substituents is 1. The molecule has 21 heavy (non-hydrogen) atoms. The second kappa shape index (κ2) is 5.91. The van der Waals surface area contributed by atoms with Crippen molar-refractivity contribution in [2.75, 3.05) is 0 Å². The van der Waals surface area contributed by atoms with Crippen LogP contribution in [0.5, 0.6) is 0 Å². The molecule has 0 aliphatic carbocycles. The SMILES string of the molecule is N#CC(C#N)=Cc1ccc(-c2ccc([N+](=O)[O-])cc2Cl)o1. The first-order valence-corrected chi connectivity index (χ1v) is 5.99. The molecule has 7 heteroatoms. The van der Waals surface area contributed by atoms with Crippen molar-refractivity contribution >= 4 is 23.4 Å². The van der Waals surface area contributed by atoms with E-state index in [9.17, 15) is 10.1 Å². The van der Waals surface area contributed by atoms with Crippen molar-refractivity contribution in [2.45, 2.75) is 0 Å². The lowest BCUT2D eigenvalue weighted by molar-refractivity contribution is -0.384. The maximum absolute atomic E-state index is 10.6. The van der Waals surface area contributed by atoms with Gasteiger partial charge in [0.1, 0.15) is 29.2 Å². The Balaban J connectivity index is 2.39. The van der Waals surface area contributed by atoms with Gasteiger partial charge >= 0.3 is 0 Å². The number of benzene rings is 1. The topological polar surface area (TPSA) is 104 Å². The molecule has 0 N–H and O–H groups in total. The Morgan fingerprint density at radius 2 is 2.00 bits per heavy atom. The molecule has 0 saturated heterocycles. The predicted octanol–water partition coefficient (Wildman–Crippen LogP) is 3.94. The first-order chi connectivity index (χ1) is 10.0. The number of nitriles is 2. The van der Waals surface area contributed by atoms with E-state index in [0.29, 0.717) is 17.1 Å². The largest absolute Gasteiger partial charge is 0.457 e. The molecule has 0 amide bonds. The summed E-state index contributed by atoms with van der Waals surface area (Å²) >= 11 is 5.99. The molecule has 0 bridgehead atoms. The Morgan fingerprint density at radius 1 is 1.29 bits per heavy atom. The highest BCUT2D eigenvalue weighted by Crippen LogP contribution is 2.32. The highest BCUT2D eigenvalue weighted by atomic mass is 35.5. The van der Waals surface area contributed by atoms with Crippen LogP contribution >= 0.6 is 11.6 Å². The molecule has 2 aromatic rings. The van der Waals surface area contributed by atoms with Crippen molar-refractivity contribution in [1.29, 1.82) is 10.5 Å². The third-order valence-electron chi connectivity index (χ3n) is 2.58. The van der Waals surface area contributed by atoms with Crippen molar-refractivity contribution in [2.24, 2.45) is 0 Å². The molecule has 0 aliphatic rings. The van der Waals surface area contributed by atoms with E-state index in [0.717, 1.165) is 0 Å². The highest BCUT2D eigenvalue weighted by Gasteiger charge is 2.13. The van der Waals surface area contributed by atoms with Crippen molar-refractivity contribution in [1.82, 2.24) is 0 Å². The molecule has 102 valence electrons. The van der Waals surface area contributed by atoms with Crippen LogP contribution < -0.4 is 0 Å². The smallest absolute Gasteiger partial charge is 0.270 e. The van der Waals surface area contributed by atoms with Gasteiger partial charge in [-0.2, -0.15) is 10.5 Å². The summed E-state index contributed by atoms with van der Waals surface area (Å²) < 4.78 is 5.45. The zero-order chi connectivity index (χ0) is 15.4. The van der Waals surface area contributed by atoms with E-state index in [4.69, 9.17) is 26.5 Å². The van der Waals surface area contributed by atoms with Crippen molar-refractivity contribution in [3.8, 4) is 23.5 Å². The number of hydrogen-bond acceptors (Lipinski definition) is 5. The van der Waals surface area contributed by atoms with Gasteiger partial charge in [0.2, 0.25) is 0 Å². The van der Waals surface area contributed by atoms with Gasteiger partial charge in [-0.1, -0.05) is 11.6 Å². The Hall–Kier alpha value is -3.09. The lowest BCUT2D eigenvalue weighted by Gasteiger charge is -2.00. The fraction of sp³-hybridized carbons (Fsp3) is 0. The third kappa shape index (κ3) is 3.08. The van der Waals surface area contributed by atoms with Crippen LogP contribution in [0, 0.1) is 32.8 Å². The molecule has 1 aromatic heterocycles. The summed E-state index contributed by atoms with van der Waals surface area (Å²) in [7, 11) is 0. The molecule has 0 spiro atoms. The van der Waals surface area contributed by atoms with Crippen LogP contribution in [0.3, 0.4) is 0 Å². The molecule has 0 unspecified atom stereocenters. The second-order valence-electron chi connectivity index (χ2n) is 3.90. The Bertz CT molecular complexity index is 809. The van der Waals surface area contributed by atoms with Gasteiger partial charge in [0.15, 0.2) is 0 Å². The summed E-state index contributed by atoms with van der Waals surface area (Å²) in [6.07, 6.45) is 1.29. The van der Waals surface area contributed by atoms with Crippen LogP contribution in [0.1, 0.15) is 5.76 Å².